The summed E-state index contributed by atoms with van der Waals surface area (Å²) in [5, 5.41) is 3.88. The Hall–Kier alpha value is -2.64. The molecular formula is C20H19N3O3S. The molecule has 5 rings (SSSR count). The topological polar surface area (TPSA) is 82.3 Å². The number of amides is 1. The van der Waals surface area contributed by atoms with Crippen molar-refractivity contribution in [1.29, 1.82) is 0 Å². The Bertz CT molecular complexity index is 1130. The summed E-state index contributed by atoms with van der Waals surface area (Å²) in [6, 6.07) is 15.1. The smallest absolute Gasteiger partial charge is 0.243 e. The quantitative estimate of drug-likeness (QED) is 0.732. The van der Waals surface area contributed by atoms with Gasteiger partial charge in [0.15, 0.2) is 0 Å². The van der Waals surface area contributed by atoms with E-state index in [0.717, 1.165) is 28.6 Å². The van der Waals surface area contributed by atoms with E-state index in [4.69, 9.17) is 0 Å². The molecule has 2 aromatic carbocycles. The monoisotopic (exact) mass is 381 g/mol. The number of sulfonamides is 1. The Labute approximate surface area is 157 Å². The van der Waals surface area contributed by atoms with E-state index in [1.807, 2.05) is 18.2 Å². The third-order valence-corrected chi connectivity index (χ3v) is 7.34. The van der Waals surface area contributed by atoms with Gasteiger partial charge in [-0.1, -0.05) is 18.2 Å². The summed E-state index contributed by atoms with van der Waals surface area (Å²) in [4.78, 5) is 15.2. The van der Waals surface area contributed by atoms with Crippen molar-refractivity contribution in [3.05, 3.63) is 59.8 Å². The normalized spacial score (nSPS) is 20.1. The second kappa shape index (κ2) is 5.94. The first-order valence-corrected chi connectivity index (χ1v) is 10.5. The molecule has 0 spiro atoms. The lowest BCUT2D eigenvalue weighted by atomic mass is 10.1. The molecule has 1 aromatic heterocycles. The molecule has 0 aliphatic carbocycles. The molecule has 2 aliphatic rings. The molecule has 2 N–H and O–H groups in total. The van der Waals surface area contributed by atoms with E-state index in [-0.39, 0.29) is 23.1 Å². The molecule has 1 fully saturated rings. The predicted molar refractivity (Wildman–Crippen MR) is 103 cm³/mol. The fourth-order valence-electron chi connectivity index (χ4n) is 4.03. The largest absolute Gasteiger partial charge is 0.358 e. The highest BCUT2D eigenvalue weighted by Gasteiger charge is 2.34. The molecule has 0 radical (unpaired) electrons. The maximum absolute atomic E-state index is 13.1. The number of carbonyl (C=O) groups is 1. The number of rotatable bonds is 3. The van der Waals surface area contributed by atoms with Crippen molar-refractivity contribution in [1.82, 2.24) is 9.29 Å². The van der Waals surface area contributed by atoms with E-state index in [9.17, 15) is 13.2 Å². The SMILES string of the molecule is O=C1Cc2cc(S(=O)(=O)N3CCC(c4cc5ccccc5[nH]4)C3)ccc2N1. The number of nitrogens with zero attached hydrogens (tertiary/aromatic N) is 1. The van der Waals surface area contributed by atoms with Crippen molar-refractivity contribution < 1.29 is 13.2 Å². The van der Waals surface area contributed by atoms with Gasteiger partial charge in [-0.05, 0) is 47.7 Å². The minimum Gasteiger partial charge on any atom is -0.358 e. The van der Waals surface area contributed by atoms with Crippen LogP contribution in [0.5, 0.6) is 0 Å². The first kappa shape index (κ1) is 16.5. The van der Waals surface area contributed by atoms with Gasteiger partial charge in [-0.15, -0.1) is 0 Å². The zero-order valence-electron chi connectivity index (χ0n) is 14.6. The molecule has 3 heterocycles. The van der Waals surface area contributed by atoms with Gasteiger partial charge in [0.25, 0.3) is 0 Å². The van der Waals surface area contributed by atoms with Crippen molar-refractivity contribution in [2.24, 2.45) is 0 Å². The average Bonchev–Trinajstić information content (AvgIpc) is 3.37. The average molecular weight is 381 g/mol. The lowest BCUT2D eigenvalue weighted by molar-refractivity contribution is -0.115. The highest BCUT2D eigenvalue weighted by Crippen LogP contribution is 2.33. The number of benzene rings is 2. The van der Waals surface area contributed by atoms with Crippen LogP contribution in [0.3, 0.4) is 0 Å². The first-order valence-electron chi connectivity index (χ1n) is 9.01. The van der Waals surface area contributed by atoms with Gasteiger partial charge in [0.2, 0.25) is 15.9 Å². The molecular weight excluding hydrogens is 362 g/mol. The highest BCUT2D eigenvalue weighted by atomic mass is 32.2. The molecule has 27 heavy (non-hydrogen) atoms. The number of hydrogen-bond donors (Lipinski definition) is 2. The Morgan fingerprint density at radius 3 is 2.78 bits per heavy atom. The molecule has 1 saturated heterocycles. The van der Waals surface area contributed by atoms with E-state index >= 15 is 0 Å². The maximum atomic E-state index is 13.1. The van der Waals surface area contributed by atoms with Crippen molar-refractivity contribution in [3.63, 3.8) is 0 Å². The number of hydrogen-bond acceptors (Lipinski definition) is 3. The van der Waals surface area contributed by atoms with Crippen LogP contribution in [0.4, 0.5) is 5.69 Å². The Kier molecular flexibility index (Phi) is 3.63. The number of fused-ring (bicyclic) bond motifs is 2. The summed E-state index contributed by atoms with van der Waals surface area (Å²) in [7, 11) is -3.57. The molecule has 1 unspecified atom stereocenters. The van der Waals surface area contributed by atoms with Crippen LogP contribution in [0.25, 0.3) is 10.9 Å². The summed E-state index contributed by atoms with van der Waals surface area (Å²) in [5.74, 6) is 0.0597. The third kappa shape index (κ3) is 2.74. The fourth-order valence-corrected chi connectivity index (χ4v) is 5.58. The van der Waals surface area contributed by atoms with Gasteiger partial charge < -0.3 is 10.3 Å². The number of anilines is 1. The van der Waals surface area contributed by atoms with Crippen molar-refractivity contribution in [2.75, 3.05) is 18.4 Å². The standard InChI is InChI=1S/C20H19N3O3S/c24-20-11-15-9-16(5-6-18(15)22-20)27(25,26)23-8-7-14(12-23)19-10-13-3-1-2-4-17(13)21-19/h1-6,9-10,14,21H,7-8,11-12H2,(H,22,24). The van der Waals surface area contributed by atoms with Gasteiger partial charge in [0.05, 0.1) is 11.3 Å². The van der Waals surface area contributed by atoms with Crippen LogP contribution < -0.4 is 5.32 Å². The van der Waals surface area contributed by atoms with Crippen LogP contribution >= 0.6 is 0 Å². The number of H-pyrrole nitrogens is 1. The van der Waals surface area contributed by atoms with E-state index in [1.54, 1.807) is 22.5 Å². The molecule has 1 amide bonds. The molecule has 138 valence electrons. The molecule has 6 nitrogen and oxygen atoms in total. The van der Waals surface area contributed by atoms with E-state index in [1.165, 1.54) is 0 Å². The second-order valence-corrected chi connectivity index (χ2v) is 9.14. The predicted octanol–water partition coefficient (Wildman–Crippen LogP) is 2.84. The zero-order valence-corrected chi connectivity index (χ0v) is 15.4. The summed E-state index contributed by atoms with van der Waals surface area (Å²) < 4.78 is 27.7. The van der Waals surface area contributed by atoms with Crippen LogP contribution in [0.15, 0.2) is 53.4 Å². The van der Waals surface area contributed by atoms with E-state index < -0.39 is 10.0 Å². The van der Waals surface area contributed by atoms with Crippen LogP contribution in [-0.2, 0) is 21.2 Å². The number of nitrogens with one attached hydrogen (secondary N) is 2. The molecule has 0 bridgehead atoms. The van der Waals surface area contributed by atoms with Crippen LogP contribution in [0.1, 0.15) is 23.6 Å². The molecule has 3 aromatic rings. The number of aromatic nitrogens is 1. The van der Waals surface area contributed by atoms with Gasteiger partial charge >= 0.3 is 0 Å². The lowest BCUT2D eigenvalue weighted by Gasteiger charge is -2.17. The van der Waals surface area contributed by atoms with Gasteiger partial charge in [-0.3, -0.25) is 4.79 Å². The summed E-state index contributed by atoms with van der Waals surface area (Å²) >= 11 is 0. The number of carbonyl (C=O) groups excluding carboxylic acids is 1. The van der Waals surface area contributed by atoms with Crippen LogP contribution in [-0.4, -0.2) is 36.7 Å². The van der Waals surface area contributed by atoms with Gasteiger partial charge in [-0.2, -0.15) is 4.31 Å². The Balaban J connectivity index is 1.40. The molecule has 7 heteroatoms. The Morgan fingerprint density at radius 2 is 1.93 bits per heavy atom. The highest BCUT2D eigenvalue weighted by molar-refractivity contribution is 7.89. The fraction of sp³-hybridized carbons (Fsp3) is 0.250. The Morgan fingerprint density at radius 1 is 1.07 bits per heavy atom. The van der Waals surface area contributed by atoms with E-state index in [2.05, 4.69) is 22.4 Å². The summed E-state index contributed by atoms with van der Waals surface area (Å²) in [6.45, 7) is 0.958. The van der Waals surface area contributed by atoms with Crippen molar-refractivity contribution in [2.45, 2.75) is 23.7 Å². The van der Waals surface area contributed by atoms with Gasteiger partial charge in [0, 0.05) is 35.9 Å². The lowest BCUT2D eigenvalue weighted by Crippen LogP contribution is -2.28. The van der Waals surface area contributed by atoms with E-state index in [0.29, 0.717) is 18.8 Å². The molecule has 2 aliphatic heterocycles. The third-order valence-electron chi connectivity index (χ3n) is 5.48. The zero-order chi connectivity index (χ0) is 18.6. The second-order valence-electron chi connectivity index (χ2n) is 7.20. The summed E-state index contributed by atoms with van der Waals surface area (Å²) in [5.41, 5.74) is 3.60. The number of aromatic amines is 1. The molecule has 0 saturated carbocycles. The molecule has 1 atom stereocenters. The van der Waals surface area contributed by atoms with Crippen molar-refractivity contribution >= 4 is 32.5 Å². The maximum Gasteiger partial charge on any atom is 0.243 e. The van der Waals surface area contributed by atoms with Crippen LogP contribution in [0.2, 0.25) is 0 Å². The van der Waals surface area contributed by atoms with Gasteiger partial charge in [-0.25, -0.2) is 8.42 Å². The van der Waals surface area contributed by atoms with Crippen LogP contribution in [0, 0.1) is 0 Å². The van der Waals surface area contributed by atoms with Gasteiger partial charge in [0.1, 0.15) is 0 Å². The van der Waals surface area contributed by atoms with Crippen molar-refractivity contribution in [3.8, 4) is 0 Å². The minimum atomic E-state index is -3.57. The minimum absolute atomic E-state index is 0.0976. The summed E-state index contributed by atoms with van der Waals surface area (Å²) in [6.07, 6.45) is 1.02. The first-order chi connectivity index (χ1) is 13.0. The number of para-hydroxylation sites is 1.